The lowest BCUT2D eigenvalue weighted by atomic mass is 9.80. The van der Waals surface area contributed by atoms with E-state index in [-0.39, 0.29) is 11.3 Å². The number of carbonyl (C=O) groups is 1. The normalized spacial score (nSPS) is 21.3. The fourth-order valence-electron chi connectivity index (χ4n) is 1.87. The smallest absolute Gasteiger partial charge is 0.221 e. The summed E-state index contributed by atoms with van der Waals surface area (Å²) in [5, 5.41) is 2.97. The Hall–Kier alpha value is -0.610. The molecule has 4 heteroatoms. The first-order valence-electron chi connectivity index (χ1n) is 5.71. The Labute approximate surface area is 92.2 Å². The van der Waals surface area contributed by atoms with Crippen LogP contribution in [0.15, 0.2) is 0 Å². The average Bonchev–Trinajstić information content (AvgIpc) is 2.21. The van der Waals surface area contributed by atoms with E-state index in [9.17, 15) is 4.79 Å². The highest BCUT2D eigenvalue weighted by atomic mass is 16.1. The lowest BCUT2D eigenvalue weighted by Crippen LogP contribution is -2.43. The molecule has 1 heterocycles. The number of nitrogens with one attached hydrogen (secondary N) is 1. The minimum atomic E-state index is 0.0812. The zero-order valence-corrected chi connectivity index (χ0v) is 9.88. The summed E-state index contributed by atoms with van der Waals surface area (Å²) in [5.41, 5.74) is 5.60. The van der Waals surface area contributed by atoms with Gasteiger partial charge in [0, 0.05) is 19.5 Å². The fraction of sp³-hybridized carbons (Fsp3) is 0.909. The van der Waals surface area contributed by atoms with E-state index in [1.54, 1.807) is 0 Å². The second kappa shape index (κ2) is 5.47. The van der Waals surface area contributed by atoms with Gasteiger partial charge in [-0.2, -0.15) is 0 Å². The summed E-state index contributed by atoms with van der Waals surface area (Å²) in [5.74, 6) is 0.0812. The van der Waals surface area contributed by atoms with Gasteiger partial charge in [0.15, 0.2) is 0 Å². The van der Waals surface area contributed by atoms with Crippen LogP contribution in [0.25, 0.3) is 0 Å². The van der Waals surface area contributed by atoms with Gasteiger partial charge in [0.05, 0.1) is 0 Å². The molecule has 0 aromatic rings. The monoisotopic (exact) mass is 213 g/mol. The summed E-state index contributed by atoms with van der Waals surface area (Å²) in [6, 6.07) is 0. The predicted molar refractivity (Wildman–Crippen MR) is 61.5 cm³/mol. The number of amides is 1. The van der Waals surface area contributed by atoms with Crippen molar-refractivity contribution in [2.45, 2.75) is 26.2 Å². The maximum absolute atomic E-state index is 11.3. The van der Waals surface area contributed by atoms with Gasteiger partial charge in [-0.25, -0.2) is 0 Å². The van der Waals surface area contributed by atoms with Crippen molar-refractivity contribution in [2.75, 3.05) is 33.2 Å². The molecule has 1 amide bonds. The summed E-state index contributed by atoms with van der Waals surface area (Å²) in [4.78, 5) is 13.6. The summed E-state index contributed by atoms with van der Waals surface area (Å²) >= 11 is 0. The first-order valence-corrected chi connectivity index (χ1v) is 5.71. The second-order valence-electron chi connectivity index (χ2n) is 4.93. The van der Waals surface area contributed by atoms with Crippen molar-refractivity contribution < 1.29 is 4.79 Å². The van der Waals surface area contributed by atoms with Crippen LogP contribution in [-0.4, -0.2) is 44.0 Å². The lowest BCUT2D eigenvalue weighted by Gasteiger charge is -2.37. The molecule has 0 spiro atoms. The van der Waals surface area contributed by atoms with Gasteiger partial charge < -0.3 is 16.0 Å². The molecule has 0 aromatic carbocycles. The van der Waals surface area contributed by atoms with E-state index in [1.807, 2.05) is 0 Å². The van der Waals surface area contributed by atoms with Crippen molar-refractivity contribution >= 4 is 5.91 Å². The number of carbonyl (C=O) groups excluding carboxylic acids is 1. The first kappa shape index (κ1) is 12.5. The van der Waals surface area contributed by atoms with Crippen molar-refractivity contribution in [2.24, 2.45) is 11.1 Å². The third-order valence-corrected chi connectivity index (χ3v) is 3.28. The SMILES string of the molecule is CN1CCC(C)(CNC(=O)CCN)CC1. The molecular formula is C11H23N3O. The van der Waals surface area contributed by atoms with Gasteiger partial charge in [0.2, 0.25) is 5.91 Å². The summed E-state index contributed by atoms with van der Waals surface area (Å²) in [7, 11) is 2.15. The topological polar surface area (TPSA) is 58.4 Å². The molecule has 1 rings (SSSR count). The Kier molecular flexibility index (Phi) is 4.54. The highest BCUT2D eigenvalue weighted by molar-refractivity contribution is 5.76. The minimum absolute atomic E-state index is 0.0812. The van der Waals surface area contributed by atoms with E-state index in [0.717, 1.165) is 32.5 Å². The summed E-state index contributed by atoms with van der Waals surface area (Å²) in [6.07, 6.45) is 2.76. The molecule has 3 N–H and O–H groups in total. The first-order chi connectivity index (χ1) is 7.06. The molecule has 1 saturated heterocycles. The van der Waals surface area contributed by atoms with Gasteiger partial charge >= 0.3 is 0 Å². The molecule has 0 unspecified atom stereocenters. The number of hydrogen-bond acceptors (Lipinski definition) is 3. The van der Waals surface area contributed by atoms with Crippen LogP contribution >= 0.6 is 0 Å². The second-order valence-corrected chi connectivity index (χ2v) is 4.93. The number of piperidine rings is 1. The standard InChI is InChI=1S/C11H23N3O/c1-11(4-7-14(2)8-5-11)9-13-10(15)3-6-12/h3-9,12H2,1-2H3,(H,13,15). The van der Waals surface area contributed by atoms with Gasteiger partial charge in [0.25, 0.3) is 0 Å². The van der Waals surface area contributed by atoms with E-state index in [0.29, 0.717) is 13.0 Å². The zero-order chi connectivity index (χ0) is 11.3. The van der Waals surface area contributed by atoms with Crippen LogP contribution in [0.4, 0.5) is 0 Å². The molecule has 4 nitrogen and oxygen atoms in total. The summed E-state index contributed by atoms with van der Waals surface area (Å²) < 4.78 is 0. The van der Waals surface area contributed by atoms with Crippen molar-refractivity contribution in [1.82, 2.24) is 10.2 Å². The van der Waals surface area contributed by atoms with E-state index in [4.69, 9.17) is 5.73 Å². The maximum atomic E-state index is 11.3. The van der Waals surface area contributed by atoms with Crippen molar-refractivity contribution in [3.63, 3.8) is 0 Å². The molecule has 0 bridgehead atoms. The minimum Gasteiger partial charge on any atom is -0.356 e. The molecule has 0 saturated carbocycles. The Balaban J connectivity index is 2.27. The zero-order valence-electron chi connectivity index (χ0n) is 9.88. The predicted octanol–water partition coefficient (Wildman–Crippen LogP) is 0.183. The van der Waals surface area contributed by atoms with Crippen LogP contribution in [0.5, 0.6) is 0 Å². The Bertz CT molecular complexity index is 210. The van der Waals surface area contributed by atoms with Crippen molar-refractivity contribution in [3.05, 3.63) is 0 Å². The molecule has 1 aliphatic heterocycles. The third kappa shape index (κ3) is 4.18. The highest BCUT2D eigenvalue weighted by Crippen LogP contribution is 2.29. The van der Waals surface area contributed by atoms with Crippen LogP contribution in [0.1, 0.15) is 26.2 Å². The molecule has 0 radical (unpaired) electrons. The number of likely N-dealkylation sites (tertiary alicyclic amines) is 1. The van der Waals surface area contributed by atoms with Crippen LogP contribution in [0, 0.1) is 5.41 Å². The van der Waals surface area contributed by atoms with E-state index >= 15 is 0 Å². The summed E-state index contributed by atoms with van der Waals surface area (Å²) in [6.45, 7) is 5.74. The number of hydrogen-bond donors (Lipinski definition) is 2. The fourth-order valence-corrected chi connectivity index (χ4v) is 1.87. The number of rotatable bonds is 4. The maximum Gasteiger partial charge on any atom is 0.221 e. The Morgan fingerprint density at radius 3 is 2.60 bits per heavy atom. The van der Waals surface area contributed by atoms with Gasteiger partial charge in [-0.15, -0.1) is 0 Å². The largest absolute Gasteiger partial charge is 0.356 e. The number of nitrogens with zero attached hydrogens (tertiary/aromatic N) is 1. The van der Waals surface area contributed by atoms with Crippen molar-refractivity contribution in [3.8, 4) is 0 Å². The Morgan fingerprint density at radius 2 is 2.07 bits per heavy atom. The average molecular weight is 213 g/mol. The van der Waals surface area contributed by atoms with E-state index < -0.39 is 0 Å². The molecule has 1 fully saturated rings. The molecule has 0 aliphatic carbocycles. The number of nitrogens with two attached hydrogens (primary N) is 1. The molecule has 0 atom stereocenters. The highest BCUT2D eigenvalue weighted by Gasteiger charge is 2.28. The van der Waals surface area contributed by atoms with Gasteiger partial charge in [-0.1, -0.05) is 6.92 Å². The van der Waals surface area contributed by atoms with Gasteiger partial charge in [0.1, 0.15) is 0 Å². The van der Waals surface area contributed by atoms with Gasteiger partial charge in [-0.05, 0) is 38.4 Å². The quantitative estimate of drug-likeness (QED) is 0.700. The van der Waals surface area contributed by atoms with Crippen LogP contribution in [0.2, 0.25) is 0 Å². The van der Waals surface area contributed by atoms with Gasteiger partial charge in [-0.3, -0.25) is 4.79 Å². The van der Waals surface area contributed by atoms with Crippen LogP contribution < -0.4 is 11.1 Å². The van der Waals surface area contributed by atoms with Crippen LogP contribution in [0.3, 0.4) is 0 Å². The van der Waals surface area contributed by atoms with E-state index in [1.165, 1.54) is 0 Å². The molecular weight excluding hydrogens is 190 g/mol. The Morgan fingerprint density at radius 1 is 1.47 bits per heavy atom. The third-order valence-electron chi connectivity index (χ3n) is 3.28. The molecule has 88 valence electrons. The lowest BCUT2D eigenvalue weighted by molar-refractivity contribution is -0.121. The van der Waals surface area contributed by atoms with E-state index in [2.05, 4.69) is 24.2 Å². The van der Waals surface area contributed by atoms with Crippen molar-refractivity contribution in [1.29, 1.82) is 0 Å². The van der Waals surface area contributed by atoms with Crippen LogP contribution in [-0.2, 0) is 4.79 Å². The molecule has 15 heavy (non-hydrogen) atoms. The molecule has 1 aliphatic rings. The molecule has 0 aromatic heterocycles.